The van der Waals surface area contributed by atoms with Gasteiger partial charge >= 0.3 is 11.9 Å². The smallest absolute Gasteiger partial charge is 0.337 e. The number of nitrogens with one attached hydrogen (secondary N) is 1. The summed E-state index contributed by atoms with van der Waals surface area (Å²) in [6, 6.07) is 3.47. The first-order valence-corrected chi connectivity index (χ1v) is 8.99. The van der Waals surface area contributed by atoms with Crippen LogP contribution in [0.1, 0.15) is 67.1 Å². The van der Waals surface area contributed by atoms with E-state index in [1.54, 1.807) is 67.5 Å². The molecule has 0 bridgehead atoms. The lowest BCUT2D eigenvalue weighted by Gasteiger charge is -2.32. The van der Waals surface area contributed by atoms with Crippen molar-refractivity contribution in [2.45, 2.75) is 72.5 Å². The fourth-order valence-electron chi connectivity index (χ4n) is 2.94. The molecule has 0 amide bonds. The average Bonchev–Trinajstić information content (AvgIpc) is 2.95. The molecule has 1 N–H and O–H groups in total. The van der Waals surface area contributed by atoms with E-state index in [-0.39, 0.29) is 0 Å². The van der Waals surface area contributed by atoms with E-state index in [2.05, 4.69) is 5.32 Å². The topological polar surface area (TPSA) is 77.8 Å². The lowest BCUT2D eigenvalue weighted by atomic mass is 9.83. The number of furan rings is 1. The summed E-state index contributed by atoms with van der Waals surface area (Å²) >= 11 is 0. The number of esters is 2. The molecular weight excluding hydrogens is 346 g/mol. The van der Waals surface area contributed by atoms with Gasteiger partial charge in [-0.05, 0) is 67.5 Å². The Hall–Kier alpha value is -2.50. The molecule has 0 aliphatic carbocycles. The van der Waals surface area contributed by atoms with E-state index in [4.69, 9.17) is 13.9 Å². The van der Waals surface area contributed by atoms with Crippen LogP contribution in [0.25, 0.3) is 0 Å². The molecule has 2 heterocycles. The van der Waals surface area contributed by atoms with Crippen LogP contribution in [0.3, 0.4) is 0 Å². The standard InChI is InChI=1S/C21H29NO5/c1-12-15(18(23)26-20(3,4)5)17(14-10-9-11-25-14)16(13(2)22-12)19(24)27-21(6,7)8/h9-11,17,22H,1-8H3. The van der Waals surface area contributed by atoms with Crippen LogP contribution in [0, 0.1) is 0 Å². The number of hydrogen-bond acceptors (Lipinski definition) is 6. The van der Waals surface area contributed by atoms with Crippen LogP contribution >= 0.6 is 0 Å². The van der Waals surface area contributed by atoms with Crippen LogP contribution in [0.4, 0.5) is 0 Å². The molecule has 2 rings (SSSR count). The highest BCUT2D eigenvalue weighted by Gasteiger charge is 2.41. The first kappa shape index (κ1) is 20.8. The zero-order valence-corrected chi connectivity index (χ0v) is 17.4. The quantitative estimate of drug-likeness (QED) is 0.798. The number of rotatable bonds is 3. The molecule has 27 heavy (non-hydrogen) atoms. The summed E-state index contributed by atoms with van der Waals surface area (Å²) < 4.78 is 16.8. The van der Waals surface area contributed by atoms with Gasteiger partial charge in [0.25, 0.3) is 0 Å². The molecule has 0 atom stereocenters. The molecule has 1 aromatic rings. The third-order valence-corrected chi connectivity index (χ3v) is 3.83. The summed E-state index contributed by atoms with van der Waals surface area (Å²) in [6.07, 6.45) is 1.52. The Labute approximate surface area is 160 Å². The van der Waals surface area contributed by atoms with Gasteiger partial charge in [-0.3, -0.25) is 0 Å². The highest BCUT2D eigenvalue weighted by Crippen LogP contribution is 2.40. The van der Waals surface area contributed by atoms with Crippen LogP contribution < -0.4 is 5.32 Å². The first-order valence-electron chi connectivity index (χ1n) is 8.99. The van der Waals surface area contributed by atoms with E-state index < -0.39 is 29.1 Å². The molecule has 1 aliphatic rings. The molecule has 0 fully saturated rings. The van der Waals surface area contributed by atoms with Gasteiger partial charge in [-0.1, -0.05) is 0 Å². The van der Waals surface area contributed by atoms with E-state index in [1.165, 1.54) is 6.26 Å². The summed E-state index contributed by atoms with van der Waals surface area (Å²) in [4.78, 5) is 25.9. The molecule has 6 nitrogen and oxygen atoms in total. The number of hydrogen-bond donors (Lipinski definition) is 1. The van der Waals surface area contributed by atoms with E-state index in [0.717, 1.165) is 0 Å². The zero-order valence-electron chi connectivity index (χ0n) is 17.4. The van der Waals surface area contributed by atoms with Gasteiger partial charge in [0.2, 0.25) is 0 Å². The third-order valence-electron chi connectivity index (χ3n) is 3.83. The summed E-state index contributed by atoms with van der Waals surface area (Å²) in [7, 11) is 0. The Bertz CT molecular complexity index is 736. The van der Waals surface area contributed by atoms with Gasteiger partial charge in [0, 0.05) is 11.4 Å². The maximum absolute atomic E-state index is 13.0. The molecule has 148 valence electrons. The van der Waals surface area contributed by atoms with E-state index >= 15 is 0 Å². The number of carbonyl (C=O) groups excluding carboxylic acids is 2. The molecule has 1 aliphatic heterocycles. The fourth-order valence-corrected chi connectivity index (χ4v) is 2.94. The van der Waals surface area contributed by atoms with E-state index in [0.29, 0.717) is 28.3 Å². The van der Waals surface area contributed by atoms with Crippen molar-refractivity contribution in [2.24, 2.45) is 0 Å². The van der Waals surface area contributed by atoms with Crippen LogP contribution in [0.15, 0.2) is 45.4 Å². The van der Waals surface area contributed by atoms with Gasteiger partial charge < -0.3 is 19.2 Å². The molecule has 0 aromatic carbocycles. The lowest BCUT2D eigenvalue weighted by Crippen LogP contribution is -2.36. The highest BCUT2D eigenvalue weighted by molar-refractivity contribution is 5.99. The minimum Gasteiger partial charge on any atom is -0.468 e. The van der Waals surface area contributed by atoms with Gasteiger partial charge in [-0.25, -0.2) is 9.59 Å². The van der Waals surface area contributed by atoms with Gasteiger partial charge in [0.05, 0.1) is 23.3 Å². The Balaban J connectivity index is 2.55. The van der Waals surface area contributed by atoms with Crippen molar-refractivity contribution in [1.29, 1.82) is 0 Å². The molecule has 0 unspecified atom stereocenters. The second-order valence-corrected chi connectivity index (χ2v) is 8.65. The molecule has 0 radical (unpaired) electrons. The van der Waals surface area contributed by atoms with Crippen molar-refractivity contribution >= 4 is 11.9 Å². The molecule has 0 saturated heterocycles. The van der Waals surface area contributed by atoms with Crippen molar-refractivity contribution < 1.29 is 23.5 Å². The van der Waals surface area contributed by atoms with Crippen molar-refractivity contribution in [3.8, 4) is 0 Å². The monoisotopic (exact) mass is 375 g/mol. The van der Waals surface area contributed by atoms with Crippen LogP contribution in [-0.4, -0.2) is 23.1 Å². The van der Waals surface area contributed by atoms with Gasteiger partial charge in [-0.2, -0.15) is 0 Å². The third kappa shape index (κ3) is 5.02. The maximum atomic E-state index is 13.0. The van der Waals surface area contributed by atoms with Crippen LogP contribution in [0.2, 0.25) is 0 Å². The largest absolute Gasteiger partial charge is 0.468 e. The summed E-state index contributed by atoms with van der Waals surface area (Å²) in [6.45, 7) is 14.4. The Kier molecular flexibility index (Phi) is 5.59. The Morgan fingerprint density at radius 2 is 1.37 bits per heavy atom. The predicted octanol–water partition coefficient (Wildman–Crippen LogP) is 4.20. The number of allylic oxidation sites excluding steroid dienone is 2. The minimum absolute atomic E-state index is 0.339. The van der Waals surface area contributed by atoms with Crippen molar-refractivity contribution in [3.63, 3.8) is 0 Å². The minimum atomic E-state index is -0.703. The fraction of sp³-hybridized carbons (Fsp3) is 0.524. The van der Waals surface area contributed by atoms with Gasteiger partial charge in [-0.15, -0.1) is 0 Å². The van der Waals surface area contributed by atoms with Crippen LogP contribution in [0.5, 0.6) is 0 Å². The number of ether oxygens (including phenoxy) is 2. The molecule has 0 spiro atoms. The summed E-state index contributed by atoms with van der Waals surface area (Å²) in [5.74, 6) is -1.22. The van der Waals surface area contributed by atoms with Crippen molar-refractivity contribution in [2.75, 3.05) is 0 Å². The normalized spacial score (nSPS) is 16.3. The Morgan fingerprint density at radius 3 is 1.70 bits per heavy atom. The van der Waals surface area contributed by atoms with Gasteiger partial charge in [0.1, 0.15) is 17.0 Å². The van der Waals surface area contributed by atoms with Crippen molar-refractivity contribution in [1.82, 2.24) is 5.32 Å². The SMILES string of the molecule is CC1=C(C(=O)OC(C)(C)C)C(c2ccco2)C(C(=O)OC(C)(C)C)=C(C)N1. The molecular formula is C21H29NO5. The Morgan fingerprint density at radius 1 is 0.926 bits per heavy atom. The highest BCUT2D eigenvalue weighted by atomic mass is 16.6. The van der Waals surface area contributed by atoms with Crippen LogP contribution in [-0.2, 0) is 19.1 Å². The molecule has 6 heteroatoms. The number of dihydropyridines is 1. The zero-order chi connectivity index (χ0) is 20.6. The second-order valence-electron chi connectivity index (χ2n) is 8.65. The van der Waals surface area contributed by atoms with E-state index in [9.17, 15) is 9.59 Å². The van der Waals surface area contributed by atoms with E-state index in [1.807, 2.05) is 0 Å². The molecule has 0 saturated carbocycles. The number of carbonyl (C=O) groups is 2. The lowest BCUT2D eigenvalue weighted by molar-refractivity contribution is -0.151. The van der Waals surface area contributed by atoms with Crippen molar-refractivity contribution in [3.05, 3.63) is 46.7 Å². The summed E-state index contributed by atoms with van der Waals surface area (Å²) in [5, 5.41) is 3.12. The molecule has 1 aromatic heterocycles. The van der Waals surface area contributed by atoms with Gasteiger partial charge in [0.15, 0.2) is 0 Å². The average molecular weight is 375 g/mol. The predicted molar refractivity (Wildman–Crippen MR) is 102 cm³/mol. The first-order chi connectivity index (χ1) is 12.3. The maximum Gasteiger partial charge on any atom is 0.337 e. The second kappa shape index (κ2) is 7.25. The summed E-state index contributed by atoms with van der Waals surface area (Å²) in [5.41, 5.74) is 0.587.